The Morgan fingerprint density at radius 2 is 2.00 bits per heavy atom. The molecule has 3 amide bonds. The molecule has 4 heterocycles. The second kappa shape index (κ2) is 9.92. The van der Waals surface area contributed by atoms with Gasteiger partial charge in [-0.2, -0.15) is 0 Å². The summed E-state index contributed by atoms with van der Waals surface area (Å²) in [7, 11) is 0. The quantitative estimate of drug-likeness (QED) is 0.348. The fraction of sp³-hybridized carbons (Fsp3) is 0.462. The Morgan fingerprint density at radius 3 is 2.68 bits per heavy atom. The summed E-state index contributed by atoms with van der Waals surface area (Å²) in [6.45, 7) is 6.23. The first-order chi connectivity index (χ1) is 18.2. The van der Waals surface area contributed by atoms with Crippen molar-refractivity contribution < 1.29 is 19.5 Å². The minimum atomic E-state index is -0.838. The van der Waals surface area contributed by atoms with Gasteiger partial charge in [0.15, 0.2) is 17.1 Å². The van der Waals surface area contributed by atoms with Crippen molar-refractivity contribution in [2.24, 2.45) is 0 Å². The van der Waals surface area contributed by atoms with Crippen molar-refractivity contribution in [1.29, 1.82) is 0 Å². The Hall–Kier alpha value is -4.22. The van der Waals surface area contributed by atoms with Crippen LogP contribution in [0.4, 0.5) is 0 Å². The van der Waals surface area contributed by atoms with E-state index < -0.39 is 34.9 Å². The number of carbonyl (C=O) groups is 3. The van der Waals surface area contributed by atoms with Gasteiger partial charge >= 0.3 is 0 Å². The van der Waals surface area contributed by atoms with E-state index in [0.717, 1.165) is 18.5 Å². The van der Waals surface area contributed by atoms with Crippen molar-refractivity contribution in [1.82, 2.24) is 35.1 Å². The van der Waals surface area contributed by atoms with Gasteiger partial charge in [-0.25, -0.2) is 9.97 Å². The Balaban J connectivity index is 1.30. The van der Waals surface area contributed by atoms with E-state index in [1.54, 1.807) is 22.6 Å². The minimum Gasteiger partial charge on any atom is -0.503 e. The van der Waals surface area contributed by atoms with Gasteiger partial charge in [0, 0.05) is 43.0 Å². The zero-order valence-electron chi connectivity index (χ0n) is 21.6. The minimum absolute atomic E-state index is 0.0496. The summed E-state index contributed by atoms with van der Waals surface area (Å²) in [6, 6.07) is 0.292. The molecule has 1 unspecified atom stereocenters. The summed E-state index contributed by atoms with van der Waals surface area (Å²) in [5.74, 6) is -1.53. The average molecular weight is 522 g/mol. The van der Waals surface area contributed by atoms with Gasteiger partial charge in [0.05, 0.1) is 24.0 Å². The van der Waals surface area contributed by atoms with E-state index in [1.165, 1.54) is 12.3 Å². The number of aromatic amines is 1. The SMILES string of the molecule is CCC(NC(=O)c1c[nH]c2ncc(C3CC3)nc12)C(=O)NCc1cc(=O)c(O)c2n1CCN(C(C)C)C2=O. The van der Waals surface area contributed by atoms with Crippen LogP contribution in [0.5, 0.6) is 5.75 Å². The van der Waals surface area contributed by atoms with Gasteiger partial charge in [0.25, 0.3) is 11.8 Å². The van der Waals surface area contributed by atoms with Crippen molar-refractivity contribution in [2.45, 2.75) is 71.1 Å². The number of aromatic hydroxyl groups is 1. The number of fused-ring (bicyclic) bond motifs is 2. The maximum Gasteiger partial charge on any atom is 0.274 e. The number of aromatic nitrogens is 4. The predicted octanol–water partition coefficient (Wildman–Crippen LogP) is 1.39. The van der Waals surface area contributed by atoms with Crippen LogP contribution in [-0.4, -0.2) is 65.9 Å². The molecule has 12 nitrogen and oxygen atoms in total. The molecule has 0 bridgehead atoms. The monoisotopic (exact) mass is 521 g/mol. The third kappa shape index (κ3) is 4.61. The Kier molecular flexibility index (Phi) is 6.64. The van der Waals surface area contributed by atoms with E-state index in [2.05, 4.69) is 25.6 Å². The first kappa shape index (κ1) is 25.4. The number of carbonyl (C=O) groups excluding carboxylic acids is 3. The predicted molar refractivity (Wildman–Crippen MR) is 138 cm³/mol. The van der Waals surface area contributed by atoms with E-state index in [-0.39, 0.29) is 18.3 Å². The molecule has 1 aliphatic heterocycles. The third-order valence-electron chi connectivity index (χ3n) is 7.14. The molecule has 3 aromatic rings. The van der Waals surface area contributed by atoms with E-state index in [4.69, 9.17) is 0 Å². The molecule has 200 valence electrons. The number of hydrogen-bond donors (Lipinski definition) is 4. The summed E-state index contributed by atoms with van der Waals surface area (Å²) >= 11 is 0. The van der Waals surface area contributed by atoms with E-state index in [0.29, 0.717) is 47.8 Å². The first-order valence-electron chi connectivity index (χ1n) is 12.9. The number of hydrogen-bond acceptors (Lipinski definition) is 7. The van der Waals surface area contributed by atoms with Gasteiger partial charge in [-0.3, -0.25) is 19.2 Å². The lowest BCUT2D eigenvalue weighted by Crippen LogP contribution is -2.48. The van der Waals surface area contributed by atoms with Gasteiger partial charge in [-0.15, -0.1) is 0 Å². The molecule has 4 N–H and O–H groups in total. The average Bonchev–Trinajstić information content (AvgIpc) is 3.66. The highest BCUT2D eigenvalue weighted by Gasteiger charge is 2.32. The molecule has 0 spiro atoms. The molecule has 12 heteroatoms. The number of nitrogens with zero attached hydrogens (tertiary/aromatic N) is 4. The van der Waals surface area contributed by atoms with Crippen molar-refractivity contribution in [3.63, 3.8) is 0 Å². The second-order valence-electron chi connectivity index (χ2n) is 10.1. The second-order valence-corrected chi connectivity index (χ2v) is 10.1. The van der Waals surface area contributed by atoms with Crippen molar-refractivity contribution in [2.75, 3.05) is 6.54 Å². The van der Waals surface area contributed by atoms with E-state index in [9.17, 15) is 24.3 Å². The largest absolute Gasteiger partial charge is 0.503 e. The first-order valence-corrected chi connectivity index (χ1v) is 12.9. The highest BCUT2D eigenvalue weighted by molar-refractivity contribution is 6.06. The summed E-state index contributed by atoms with van der Waals surface area (Å²) in [6.07, 6.45) is 5.71. The van der Waals surface area contributed by atoms with E-state index >= 15 is 0 Å². The molecule has 5 rings (SSSR count). The van der Waals surface area contributed by atoms with Crippen LogP contribution in [0.15, 0.2) is 23.3 Å². The summed E-state index contributed by atoms with van der Waals surface area (Å²) in [5.41, 5.74) is 1.78. The van der Waals surface area contributed by atoms with Gasteiger partial charge in [0.1, 0.15) is 11.6 Å². The topological polar surface area (TPSA) is 162 Å². The number of nitrogens with one attached hydrogen (secondary N) is 3. The number of rotatable bonds is 8. The molecule has 1 atom stereocenters. The van der Waals surface area contributed by atoms with Crippen LogP contribution in [0, 0.1) is 0 Å². The summed E-state index contributed by atoms with van der Waals surface area (Å²) < 4.78 is 1.57. The van der Waals surface area contributed by atoms with Crippen LogP contribution in [0.1, 0.15) is 78.2 Å². The molecule has 2 aliphatic rings. The lowest BCUT2D eigenvalue weighted by molar-refractivity contribution is -0.123. The van der Waals surface area contributed by atoms with Crippen LogP contribution in [0.2, 0.25) is 0 Å². The normalized spacial score (nSPS) is 16.0. The molecule has 38 heavy (non-hydrogen) atoms. The molecule has 0 aromatic carbocycles. The number of pyridine rings is 1. The van der Waals surface area contributed by atoms with Gasteiger partial charge in [-0.05, 0) is 33.1 Å². The Morgan fingerprint density at radius 1 is 1.24 bits per heavy atom. The van der Waals surface area contributed by atoms with Gasteiger partial charge < -0.3 is 30.2 Å². The smallest absolute Gasteiger partial charge is 0.274 e. The number of H-pyrrole nitrogens is 1. The summed E-state index contributed by atoms with van der Waals surface area (Å²) in [4.78, 5) is 64.9. The molecular weight excluding hydrogens is 490 g/mol. The molecule has 3 aromatic heterocycles. The summed E-state index contributed by atoms with van der Waals surface area (Å²) in [5, 5.41) is 15.9. The molecule has 1 fully saturated rings. The van der Waals surface area contributed by atoms with Crippen LogP contribution in [-0.2, 0) is 17.9 Å². The zero-order chi connectivity index (χ0) is 27.1. The fourth-order valence-electron chi connectivity index (χ4n) is 4.79. The number of amides is 3. The van der Waals surface area contributed by atoms with Gasteiger partial charge in [-0.1, -0.05) is 6.92 Å². The third-order valence-corrected chi connectivity index (χ3v) is 7.14. The maximum absolute atomic E-state index is 13.1. The standard InChI is InChI=1S/C26H31N7O5/c1-4-17(31-24(36)16-11-27-23-20(16)30-18(12-28-23)14-5-6-14)25(37)29-10-15-9-19(34)22(35)21-26(38)32(13(2)3)7-8-33(15)21/h9,11-14,17,35H,4-8,10H2,1-3H3,(H,27,28)(H,29,37)(H,31,36). The highest BCUT2D eigenvalue weighted by Crippen LogP contribution is 2.39. The maximum atomic E-state index is 13.1. The van der Waals surface area contributed by atoms with Gasteiger partial charge in [0.2, 0.25) is 11.3 Å². The van der Waals surface area contributed by atoms with Crippen LogP contribution in [0.3, 0.4) is 0 Å². The van der Waals surface area contributed by atoms with Crippen LogP contribution < -0.4 is 16.1 Å². The molecule has 1 saturated carbocycles. The van der Waals surface area contributed by atoms with Crippen molar-refractivity contribution in [3.05, 3.63) is 51.3 Å². The molecular formula is C26H31N7O5. The zero-order valence-corrected chi connectivity index (χ0v) is 21.6. The van der Waals surface area contributed by atoms with Crippen LogP contribution >= 0.6 is 0 Å². The van der Waals surface area contributed by atoms with E-state index in [1.807, 2.05) is 13.8 Å². The lowest BCUT2D eigenvalue weighted by Gasteiger charge is -2.34. The highest BCUT2D eigenvalue weighted by atomic mass is 16.3. The fourth-order valence-corrected chi connectivity index (χ4v) is 4.79. The molecule has 0 radical (unpaired) electrons. The van der Waals surface area contributed by atoms with Crippen LogP contribution in [0.25, 0.3) is 11.2 Å². The molecule has 1 aliphatic carbocycles. The van der Waals surface area contributed by atoms with Crippen molar-refractivity contribution in [3.8, 4) is 5.75 Å². The van der Waals surface area contributed by atoms with Crippen molar-refractivity contribution >= 4 is 28.9 Å². The Labute approximate surface area is 218 Å². The molecule has 0 saturated heterocycles. The lowest BCUT2D eigenvalue weighted by atomic mass is 10.1. The Bertz CT molecular complexity index is 1490.